The smallest absolute Gasteiger partial charge is 0.0613 e. The molecule has 2 atom stereocenters. The number of likely N-dealkylation sites (tertiary alicyclic amines) is 1. The molecule has 0 aliphatic carbocycles. The van der Waals surface area contributed by atoms with Crippen LogP contribution in [0.3, 0.4) is 0 Å². The predicted molar refractivity (Wildman–Crippen MR) is 59.6 cm³/mol. The summed E-state index contributed by atoms with van der Waals surface area (Å²) in [5, 5.41) is 3.52. The first kappa shape index (κ1) is 12.0. The fraction of sp³-hybridized carbons (Fsp3) is 1.00. The van der Waals surface area contributed by atoms with Gasteiger partial charge in [-0.15, -0.1) is 0 Å². The molecule has 0 spiro atoms. The number of rotatable bonds is 6. The summed E-state index contributed by atoms with van der Waals surface area (Å²) >= 11 is 0. The summed E-state index contributed by atoms with van der Waals surface area (Å²) in [7, 11) is 1.76. The molecule has 0 saturated carbocycles. The van der Waals surface area contributed by atoms with Crippen LogP contribution in [0.25, 0.3) is 0 Å². The minimum Gasteiger partial charge on any atom is -0.383 e. The molecule has 1 rings (SSSR count). The number of ether oxygens (including phenoxy) is 1. The van der Waals surface area contributed by atoms with Crippen molar-refractivity contribution in [2.75, 3.05) is 33.4 Å². The Morgan fingerprint density at radius 2 is 2.36 bits per heavy atom. The summed E-state index contributed by atoms with van der Waals surface area (Å²) in [5.74, 6) is 0. The molecule has 1 aliphatic rings. The number of nitrogens with zero attached hydrogens (tertiary/aromatic N) is 1. The van der Waals surface area contributed by atoms with E-state index < -0.39 is 0 Å². The number of hydrogen-bond donors (Lipinski definition) is 1. The number of likely N-dealkylation sites (N-methyl/N-ethyl adjacent to an activating group) is 1. The molecule has 0 aromatic heterocycles. The molecule has 0 amide bonds. The Hall–Kier alpha value is -0.120. The summed E-state index contributed by atoms with van der Waals surface area (Å²) < 4.78 is 5.10. The van der Waals surface area contributed by atoms with E-state index in [4.69, 9.17) is 4.74 Å². The van der Waals surface area contributed by atoms with Gasteiger partial charge in [0.25, 0.3) is 0 Å². The van der Waals surface area contributed by atoms with Crippen molar-refractivity contribution in [1.82, 2.24) is 10.2 Å². The highest BCUT2D eigenvalue weighted by Crippen LogP contribution is 2.15. The molecule has 0 aromatic carbocycles. The van der Waals surface area contributed by atoms with Crippen LogP contribution in [-0.4, -0.2) is 50.3 Å². The van der Waals surface area contributed by atoms with Crippen LogP contribution in [0.15, 0.2) is 0 Å². The van der Waals surface area contributed by atoms with Crippen molar-refractivity contribution in [2.45, 2.75) is 38.8 Å². The lowest BCUT2D eigenvalue weighted by Crippen LogP contribution is -2.42. The molecular weight excluding hydrogens is 176 g/mol. The van der Waals surface area contributed by atoms with Crippen molar-refractivity contribution in [3.05, 3.63) is 0 Å². The highest BCUT2D eigenvalue weighted by atomic mass is 16.5. The molecule has 14 heavy (non-hydrogen) atoms. The van der Waals surface area contributed by atoms with Crippen LogP contribution in [0.4, 0.5) is 0 Å². The second-order valence-corrected chi connectivity index (χ2v) is 4.19. The molecule has 84 valence electrons. The molecular formula is C11H24N2O. The van der Waals surface area contributed by atoms with Crippen molar-refractivity contribution >= 4 is 0 Å². The maximum absolute atomic E-state index is 5.10. The minimum absolute atomic E-state index is 0.472. The first-order valence-corrected chi connectivity index (χ1v) is 5.74. The second-order valence-electron chi connectivity index (χ2n) is 4.19. The van der Waals surface area contributed by atoms with E-state index in [0.717, 1.165) is 19.2 Å². The van der Waals surface area contributed by atoms with Crippen LogP contribution in [-0.2, 0) is 4.74 Å². The van der Waals surface area contributed by atoms with Gasteiger partial charge in [-0.25, -0.2) is 0 Å². The molecule has 1 aliphatic heterocycles. The SMILES string of the molecule is CCN1CCCC1CNC(C)COC. The van der Waals surface area contributed by atoms with Crippen molar-refractivity contribution in [3.63, 3.8) is 0 Å². The van der Waals surface area contributed by atoms with Crippen molar-refractivity contribution in [2.24, 2.45) is 0 Å². The van der Waals surface area contributed by atoms with Gasteiger partial charge in [0.2, 0.25) is 0 Å². The van der Waals surface area contributed by atoms with Gasteiger partial charge in [-0.2, -0.15) is 0 Å². The number of methoxy groups -OCH3 is 1. The van der Waals surface area contributed by atoms with E-state index in [9.17, 15) is 0 Å². The van der Waals surface area contributed by atoms with E-state index >= 15 is 0 Å². The Bertz CT molecular complexity index is 152. The summed E-state index contributed by atoms with van der Waals surface area (Å²) in [6, 6.07) is 1.22. The summed E-state index contributed by atoms with van der Waals surface area (Å²) in [6.45, 7) is 8.80. The zero-order valence-corrected chi connectivity index (χ0v) is 9.75. The summed E-state index contributed by atoms with van der Waals surface area (Å²) in [4.78, 5) is 2.56. The van der Waals surface area contributed by atoms with Gasteiger partial charge in [-0.05, 0) is 32.9 Å². The second kappa shape index (κ2) is 6.38. The average molecular weight is 200 g/mol. The topological polar surface area (TPSA) is 24.5 Å². The fourth-order valence-corrected chi connectivity index (χ4v) is 2.19. The predicted octanol–water partition coefficient (Wildman–Crippen LogP) is 1.10. The number of hydrogen-bond acceptors (Lipinski definition) is 3. The highest BCUT2D eigenvalue weighted by Gasteiger charge is 2.22. The fourth-order valence-electron chi connectivity index (χ4n) is 2.19. The van der Waals surface area contributed by atoms with Crippen molar-refractivity contribution < 1.29 is 4.74 Å². The van der Waals surface area contributed by atoms with Crippen molar-refractivity contribution in [3.8, 4) is 0 Å². The standard InChI is InChI=1S/C11H24N2O/c1-4-13-7-5-6-11(13)8-12-10(2)9-14-3/h10-12H,4-9H2,1-3H3. The van der Waals surface area contributed by atoms with Gasteiger partial charge >= 0.3 is 0 Å². The van der Waals surface area contributed by atoms with E-state index in [-0.39, 0.29) is 0 Å². The van der Waals surface area contributed by atoms with Gasteiger partial charge in [0, 0.05) is 25.7 Å². The van der Waals surface area contributed by atoms with E-state index in [2.05, 4.69) is 24.1 Å². The molecule has 1 saturated heterocycles. The quantitative estimate of drug-likeness (QED) is 0.695. The van der Waals surface area contributed by atoms with Crippen molar-refractivity contribution in [1.29, 1.82) is 0 Å². The third-order valence-corrected chi connectivity index (χ3v) is 3.02. The molecule has 1 N–H and O–H groups in total. The normalized spacial score (nSPS) is 25.5. The van der Waals surface area contributed by atoms with Gasteiger partial charge in [0.15, 0.2) is 0 Å². The molecule has 0 bridgehead atoms. The molecule has 1 fully saturated rings. The minimum atomic E-state index is 0.472. The van der Waals surface area contributed by atoms with Crippen LogP contribution < -0.4 is 5.32 Å². The van der Waals surface area contributed by atoms with Gasteiger partial charge in [0.1, 0.15) is 0 Å². The third-order valence-electron chi connectivity index (χ3n) is 3.02. The van der Waals surface area contributed by atoms with E-state index in [1.54, 1.807) is 7.11 Å². The maximum Gasteiger partial charge on any atom is 0.0613 e. The van der Waals surface area contributed by atoms with Crippen LogP contribution in [0.1, 0.15) is 26.7 Å². The lowest BCUT2D eigenvalue weighted by molar-refractivity contribution is 0.165. The Labute approximate surface area is 87.8 Å². The lowest BCUT2D eigenvalue weighted by Gasteiger charge is -2.24. The average Bonchev–Trinajstić information content (AvgIpc) is 2.62. The zero-order valence-electron chi connectivity index (χ0n) is 9.75. The van der Waals surface area contributed by atoms with Crippen LogP contribution in [0.2, 0.25) is 0 Å². The monoisotopic (exact) mass is 200 g/mol. The molecule has 0 radical (unpaired) electrons. The molecule has 1 heterocycles. The Kier molecular flexibility index (Phi) is 5.45. The highest BCUT2D eigenvalue weighted by molar-refractivity contribution is 4.80. The first-order valence-electron chi connectivity index (χ1n) is 5.74. The van der Waals surface area contributed by atoms with Crippen LogP contribution in [0.5, 0.6) is 0 Å². The van der Waals surface area contributed by atoms with Gasteiger partial charge < -0.3 is 10.1 Å². The number of nitrogens with one attached hydrogen (secondary N) is 1. The zero-order chi connectivity index (χ0) is 10.4. The van der Waals surface area contributed by atoms with E-state index in [0.29, 0.717) is 6.04 Å². The van der Waals surface area contributed by atoms with Gasteiger partial charge in [-0.3, -0.25) is 4.90 Å². The molecule has 0 aromatic rings. The lowest BCUT2D eigenvalue weighted by atomic mass is 10.2. The Balaban J connectivity index is 2.16. The largest absolute Gasteiger partial charge is 0.383 e. The Morgan fingerprint density at radius 1 is 1.57 bits per heavy atom. The maximum atomic E-state index is 5.10. The molecule has 3 nitrogen and oxygen atoms in total. The van der Waals surface area contributed by atoms with Crippen LogP contribution in [0, 0.1) is 0 Å². The van der Waals surface area contributed by atoms with Crippen LogP contribution >= 0.6 is 0 Å². The van der Waals surface area contributed by atoms with E-state index in [1.807, 2.05) is 0 Å². The van der Waals surface area contributed by atoms with Gasteiger partial charge in [0.05, 0.1) is 6.61 Å². The first-order chi connectivity index (χ1) is 6.77. The Morgan fingerprint density at radius 3 is 3.00 bits per heavy atom. The third kappa shape index (κ3) is 3.56. The summed E-state index contributed by atoms with van der Waals surface area (Å²) in [6.07, 6.45) is 2.71. The van der Waals surface area contributed by atoms with Gasteiger partial charge in [-0.1, -0.05) is 6.92 Å². The molecule has 2 unspecified atom stereocenters. The van der Waals surface area contributed by atoms with E-state index in [1.165, 1.54) is 25.9 Å². The molecule has 3 heteroatoms. The summed E-state index contributed by atoms with van der Waals surface area (Å²) in [5.41, 5.74) is 0.